The summed E-state index contributed by atoms with van der Waals surface area (Å²) >= 11 is 0. The van der Waals surface area contributed by atoms with Gasteiger partial charge in [0.2, 0.25) is 0 Å². The molecule has 4 nitrogen and oxygen atoms in total. The van der Waals surface area contributed by atoms with Crippen molar-refractivity contribution in [3.63, 3.8) is 0 Å². The normalized spacial score (nSPS) is 11.8. The van der Waals surface area contributed by atoms with Crippen LogP contribution in [0.3, 0.4) is 0 Å². The number of benzene rings is 1. The quantitative estimate of drug-likeness (QED) is 0.484. The van der Waals surface area contributed by atoms with Crippen molar-refractivity contribution in [3.8, 4) is 22.6 Å². The van der Waals surface area contributed by atoms with E-state index in [1.54, 1.807) is 0 Å². The van der Waals surface area contributed by atoms with Crippen molar-refractivity contribution in [2.24, 2.45) is 0 Å². The molecule has 0 saturated heterocycles. The molecular weight excluding hydrogens is 352 g/mol. The van der Waals surface area contributed by atoms with E-state index >= 15 is 0 Å². The highest BCUT2D eigenvalue weighted by atomic mass is 16.5. The Morgan fingerprint density at radius 3 is 2.21 bits per heavy atom. The maximum atomic E-state index is 6.01. The topological polar surface area (TPSA) is 42.9 Å². The van der Waals surface area contributed by atoms with Crippen LogP contribution in [0.2, 0.25) is 0 Å². The van der Waals surface area contributed by atoms with Crippen molar-refractivity contribution < 1.29 is 13.9 Å². The lowest BCUT2D eigenvalue weighted by Crippen LogP contribution is -2.01. The molecule has 1 aromatic heterocycles. The monoisotopic (exact) mass is 381 g/mol. The van der Waals surface area contributed by atoms with Crippen LogP contribution in [-0.4, -0.2) is 19.8 Å². The zero-order valence-corrected chi connectivity index (χ0v) is 17.4. The van der Waals surface area contributed by atoms with E-state index < -0.39 is 0 Å². The lowest BCUT2D eigenvalue weighted by atomic mass is 10.1. The summed E-state index contributed by atoms with van der Waals surface area (Å²) in [7, 11) is 0. The van der Waals surface area contributed by atoms with E-state index in [2.05, 4.69) is 31.2 Å². The minimum absolute atomic E-state index is 0.579. The molecule has 0 aliphatic heterocycles. The van der Waals surface area contributed by atoms with Gasteiger partial charge in [0.1, 0.15) is 28.4 Å². The van der Waals surface area contributed by atoms with Gasteiger partial charge >= 0.3 is 5.43 Å². The highest BCUT2D eigenvalue weighted by molar-refractivity contribution is 5.93. The standard InChI is InChI=1S/C24H29O4/c1-6-13-27-20-11-9-18(10-12-20)19-14-21(25-7-2)23-16(4)28-17(5)24(23)22(15-19)26-8-3/h9-12,14-15H,6-8,13H2,1-5H3/q+1. The Bertz CT molecular complexity index is 1010. The summed E-state index contributed by atoms with van der Waals surface area (Å²) in [6.07, 6.45) is 0.991. The molecule has 0 atom stereocenters. The Kier molecular flexibility index (Phi) is 6.40. The zero-order chi connectivity index (χ0) is 20.1. The van der Waals surface area contributed by atoms with E-state index in [-0.39, 0.29) is 0 Å². The summed E-state index contributed by atoms with van der Waals surface area (Å²) in [6.45, 7) is 11.9. The van der Waals surface area contributed by atoms with Crippen LogP contribution in [-0.2, 0) is 0 Å². The first-order valence-electron chi connectivity index (χ1n) is 9.98. The first-order chi connectivity index (χ1) is 13.6. The molecule has 0 aliphatic rings. The molecule has 148 valence electrons. The molecule has 2 aromatic carbocycles. The van der Waals surface area contributed by atoms with Crippen LogP contribution in [0.1, 0.15) is 38.7 Å². The number of ether oxygens (including phenoxy) is 2. The fourth-order valence-electron chi connectivity index (χ4n) is 3.41. The van der Waals surface area contributed by atoms with Gasteiger partial charge in [-0.1, -0.05) is 19.1 Å². The molecule has 0 bridgehead atoms. The summed E-state index contributed by atoms with van der Waals surface area (Å²) < 4.78 is 23.6. The Hall–Kier alpha value is -2.75. The molecule has 1 heterocycles. The summed E-state index contributed by atoms with van der Waals surface area (Å²) in [6, 6.07) is 12.3. The number of hydrogen-bond donors (Lipinski definition) is 0. The molecule has 4 heteroatoms. The molecule has 0 radical (unpaired) electrons. The second-order valence-electron chi connectivity index (χ2n) is 6.68. The molecule has 0 spiro atoms. The van der Waals surface area contributed by atoms with Crippen LogP contribution in [0.15, 0.2) is 45.2 Å². The number of furan rings is 1. The van der Waals surface area contributed by atoms with Gasteiger partial charge in [-0.2, -0.15) is 0 Å². The molecule has 0 saturated carbocycles. The van der Waals surface area contributed by atoms with E-state index in [0.29, 0.717) is 13.2 Å². The van der Waals surface area contributed by atoms with Gasteiger partial charge in [-0.15, -0.1) is 0 Å². The van der Waals surface area contributed by atoms with Crippen LogP contribution in [0, 0.1) is 13.8 Å². The smallest absolute Gasteiger partial charge is 0.355 e. The van der Waals surface area contributed by atoms with Gasteiger partial charge in [0.15, 0.2) is 0 Å². The van der Waals surface area contributed by atoms with Crippen LogP contribution >= 0.6 is 0 Å². The number of aryl methyl sites for hydroxylation is 2. The highest BCUT2D eigenvalue weighted by Crippen LogP contribution is 2.33. The van der Waals surface area contributed by atoms with Crippen molar-refractivity contribution in [3.05, 3.63) is 57.8 Å². The number of hydrogen-bond acceptors (Lipinski definition) is 3. The van der Waals surface area contributed by atoms with Crippen LogP contribution in [0.4, 0.5) is 0 Å². The molecule has 0 unspecified atom stereocenters. The molecule has 28 heavy (non-hydrogen) atoms. The predicted octanol–water partition coefficient (Wildman–Crippen LogP) is 5.82. The molecular formula is C24H29O4+. The Balaban J connectivity index is 2.25. The van der Waals surface area contributed by atoms with Crippen molar-refractivity contribution in [1.29, 1.82) is 0 Å². The van der Waals surface area contributed by atoms with Crippen molar-refractivity contribution in [1.82, 2.24) is 0 Å². The fraction of sp³-hybridized carbons (Fsp3) is 0.375. The Morgan fingerprint density at radius 2 is 1.57 bits per heavy atom. The SMILES string of the molecule is CCCOc1ccc(-c2cc(OCC)c3c(C)oc(C)c3c(=[O+]CC)c2)cc1. The van der Waals surface area contributed by atoms with Crippen molar-refractivity contribution >= 4 is 10.8 Å². The Morgan fingerprint density at radius 1 is 0.857 bits per heavy atom. The zero-order valence-electron chi connectivity index (χ0n) is 17.4. The van der Waals surface area contributed by atoms with Crippen molar-refractivity contribution in [2.45, 2.75) is 41.0 Å². The summed E-state index contributed by atoms with van der Waals surface area (Å²) in [5.41, 5.74) is 2.92. The van der Waals surface area contributed by atoms with Crippen LogP contribution in [0.25, 0.3) is 21.9 Å². The summed E-state index contributed by atoms with van der Waals surface area (Å²) in [5.74, 6) is 3.36. The maximum absolute atomic E-state index is 6.01. The first-order valence-corrected chi connectivity index (χ1v) is 9.98. The molecule has 0 aliphatic carbocycles. The average molecular weight is 381 g/mol. The minimum atomic E-state index is 0.579. The lowest BCUT2D eigenvalue weighted by molar-refractivity contribution is 0.317. The van der Waals surface area contributed by atoms with Gasteiger partial charge in [-0.3, -0.25) is 4.42 Å². The van der Waals surface area contributed by atoms with E-state index in [0.717, 1.165) is 63.4 Å². The second-order valence-corrected chi connectivity index (χ2v) is 6.68. The highest BCUT2D eigenvalue weighted by Gasteiger charge is 2.19. The average Bonchev–Trinajstić information content (AvgIpc) is 2.88. The maximum Gasteiger partial charge on any atom is 0.355 e. The van der Waals surface area contributed by atoms with E-state index in [4.69, 9.17) is 18.3 Å². The number of rotatable bonds is 7. The van der Waals surface area contributed by atoms with Gasteiger partial charge in [-0.05, 0) is 56.5 Å². The van der Waals surface area contributed by atoms with Gasteiger partial charge in [0, 0.05) is 6.92 Å². The third-order valence-electron chi connectivity index (χ3n) is 4.59. The molecule has 0 N–H and O–H groups in total. The van der Waals surface area contributed by atoms with Gasteiger partial charge in [0.05, 0.1) is 24.7 Å². The second kappa shape index (κ2) is 8.96. The molecule has 3 aromatic rings. The number of fused-ring (bicyclic) bond motifs is 1. The van der Waals surface area contributed by atoms with E-state index in [1.165, 1.54) is 0 Å². The molecule has 0 fully saturated rings. The predicted molar refractivity (Wildman–Crippen MR) is 115 cm³/mol. The van der Waals surface area contributed by atoms with Gasteiger partial charge in [-0.25, -0.2) is 0 Å². The van der Waals surface area contributed by atoms with Crippen LogP contribution in [0.5, 0.6) is 11.5 Å². The summed E-state index contributed by atoms with van der Waals surface area (Å²) in [5, 5.41) is 1.94. The lowest BCUT2D eigenvalue weighted by Gasteiger charge is -2.06. The van der Waals surface area contributed by atoms with E-state index in [9.17, 15) is 0 Å². The first kappa shape index (κ1) is 20.0. The molecule has 3 rings (SSSR count). The third kappa shape index (κ3) is 4.06. The van der Waals surface area contributed by atoms with Gasteiger partial charge < -0.3 is 13.9 Å². The largest absolute Gasteiger partial charge is 0.494 e. The minimum Gasteiger partial charge on any atom is -0.494 e. The third-order valence-corrected chi connectivity index (χ3v) is 4.59. The summed E-state index contributed by atoms with van der Waals surface area (Å²) in [4.78, 5) is 0. The fourth-order valence-corrected chi connectivity index (χ4v) is 3.41. The van der Waals surface area contributed by atoms with Crippen LogP contribution < -0.4 is 14.9 Å². The molecule has 0 amide bonds. The Labute approximate surface area is 166 Å². The van der Waals surface area contributed by atoms with Crippen molar-refractivity contribution in [2.75, 3.05) is 19.8 Å². The van der Waals surface area contributed by atoms with E-state index in [1.807, 2.05) is 39.8 Å². The van der Waals surface area contributed by atoms with Gasteiger partial charge in [0.25, 0.3) is 6.61 Å².